The summed E-state index contributed by atoms with van der Waals surface area (Å²) in [5, 5.41) is 6.44. The predicted molar refractivity (Wildman–Crippen MR) is 61.1 cm³/mol. The predicted octanol–water partition coefficient (Wildman–Crippen LogP) is 0.919. The highest BCUT2D eigenvalue weighted by Crippen LogP contribution is 2.28. The molecule has 0 saturated carbocycles. The summed E-state index contributed by atoms with van der Waals surface area (Å²) in [5.74, 6) is 0.805. The number of nitrogens with one attached hydrogen (secondary N) is 1. The lowest BCUT2D eigenvalue weighted by Crippen LogP contribution is -2.20. The van der Waals surface area contributed by atoms with Crippen molar-refractivity contribution < 1.29 is 4.79 Å². The number of fused-ring (bicyclic) bond motifs is 1. The molecule has 5 heteroatoms. The molecule has 1 aliphatic heterocycles. The zero-order valence-electron chi connectivity index (χ0n) is 9.09. The van der Waals surface area contributed by atoms with Gasteiger partial charge in [-0.2, -0.15) is 5.10 Å². The standard InChI is InChI=1S/C12H11N3O2/c16-7-8-1-3-9(4-2-8)10-5-6-11-13-14-12(17)15(10)11/h1-4,7,10H,5-6H2,(H,14,17). The Bertz CT molecular complexity index is 609. The maximum atomic E-state index is 11.6. The molecule has 1 unspecified atom stereocenters. The molecule has 0 spiro atoms. The number of hydrogen-bond donors (Lipinski definition) is 1. The van der Waals surface area contributed by atoms with Crippen molar-refractivity contribution in [2.45, 2.75) is 18.9 Å². The summed E-state index contributed by atoms with van der Waals surface area (Å²) in [7, 11) is 0. The number of aldehydes is 1. The van der Waals surface area contributed by atoms with Crippen LogP contribution in [0.25, 0.3) is 0 Å². The molecule has 2 aromatic rings. The Balaban J connectivity index is 2.03. The van der Waals surface area contributed by atoms with E-state index in [1.165, 1.54) is 0 Å². The van der Waals surface area contributed by atoms with Crippen LogP contribution in [0.3, 0.4) is 0 Å². The molecule has 17 heavy (non-hydrogen) atoms. The summed E-state index contributed by atoms with van der Waals surface area (Å²) in [4.78, 5) is 22.2. The minimum absolute atomic E-state index is 0.0388. The number of aryl methyl sites for hydroxylation is 1. The Morgan fingerprint density at radius 3 is 2.82 bits per heavy atom. The lowest BCUT2D eigenvalue weighted by molar-refractivity contribution is 0.112. The van der Waals surface area contributed by atoms with E-state index >= 15 is 0 Å². The average molecular weight is 229 g/mol. The SMILES string of the molecule is O=Cc1ccc(C2CCc3n[nH]c(=O)n32)cc1. The first-order chi connectivity index (χ1) is 8.29. The van der Waals surface area contributed by atoms with Gasteiger partial charge in [0.1, 0.15) is 12.1 Å². The van der Waals surface area contributed by atoms with E-state index in [1.807, 2.05) is 12.1 Å². The Morgan fingerprint density at radius 2 is 2.12 bits per heavy atom. The van der Waals surface area contributed by atoms with Crippen LogP contribution >= 0.6 is 0 Å². The van der Waals surface area contributed by atoms with E-state index in [0.717, 1.165) is 30.5 Å². The van der Waals surface area contributed by atoms with Gasteiger partial charge < -0.3 is 0 Å². The van der Waals surface area contributed by atoms with Crippen LogP contribution in [-0.2, 0) is 6.42 Å². The number of aromatic nitrogens is 3. The smallest absolute Gasteiger partial charge is 0.298 e. The van der Waals surface area contributed by atoms with E-state index in [4.69, 9.17) is 0 Å². The molecule has 1 aliphatic rings. The number of rotatable bonds is 2. The third-order valence-corrected chi connectivity index (χ3v) is 3.19. The quantitative estimate of drug-likeness (QED) is 0.778. The van der Waals surface area contributed by atoms with Gasteiger partial charge in [0, 0.05) is 12.0 Å². The fraction of sp³-hybridized carbons (Fsp3) is 0.250. The second-order valence-electron chi connectivity index (χ2n) is 4.15. The highest BCUT2D eigenvalue weighted by atomic mass is 16.1. The van der Waals surface area contributed by atoms with Crippen molar-refractivity contribution in [3.8, 4) is 0 Å². The molecular formula is C12H11N3O2. The first-order valence-corrected chi connectivity index (χ1v) is 5.50. The number of aromatic amines is 1. The number of benzene rings is 1. The Labute approximate surface area is 97.1 Å². The van der Waals surface area contributed by atoms with Crippen molar-refractivity contribution in [2.75, 3.05) is 0 Å². The highest BCUT2D eigenvalue weighted by molar-refractivity contribution is 5.74. The van der Waals surface area contributed by atoms with E-state index in [2.05, 4.69) is 10.2 Å². The topological polar surface area (TPSA) is 67.8 Å². The molecule has 2 heterocycles. The number of carbonyl (C=O) groups excluding carboxylic acids is 1. The molecule has 0 saturated heterocycles. The Hall–Kier alpha value is -2.17. The van der Waals surface area contributed by atoms with Crippen molar-refractivity contribution >= 4 is 6.29 Å². The van der Waals surface area contributed by atoms with Gasteiger partial charge in [-0.3, -0.25) is 9.36 Å². The van der Waals surface area contributed by atoms with Crippen LogP contribution in [0.2, 0.25) is 0 Å². The molecule has 86 valence electrons. The number of hydrogen-bond acceptors (Lipinski definition) is 3. The third-order valence-electron chi connectivity index (χ3n) is 3.19. The highest BCUT2D eigenvalue weighted by Gasteiger charge is 2.26. The van der Waals surface area contributed by atoms with Crippen LogP contribution in [0.5, 0.6) is 0 Å². The fourth-order valence-electron chi connectivity index (χ4n) is 2.34. The normalized spacial score (nSPS) is 18.0. The summed E-state index contributed by atoms with van der Waals surface area (Å²) in [6.07, 6.45) is 2.50. The van der Waals surface area contributed by atoms with E-state index < -0.39 is 0 Å². The molecule has 1 aromatic heterocycles. The summed E-state index contributed by atoms with van der Waals surface area (Å²) >= 11 is 0. The van der Waals surface area contributed by atoms with Gasteiger partial charge in [0.15, 0.2) is 0 Å². The van der Waals surface area contributed by atoms with Crippen molar-refractivity contribution in [1.82, 2.24) is 14.8 Å². The second kappa shape index (κ2) is 3.69. The molecule has 5 nitrogen and oxygen atoms in total. The van der Waals surface area contributed by atoms with Crippen molar-refractivity contribution in [3.05, 3.63) is 51.7 Å². The van der Waals surface area contributed by atoms with Crippen molar-refractivity contribution in [2.24, 2.45) is 0 Å². The molecule has 0 bridgehead atoms. The van der Waals surface area contributed by atoms with Gasteiger partial charge in [-0.1, -0.05) is 24.3 Å². The lowest BCUT2D eigenvalue weighted by atomic mass is 10.0. The van der Waals surface area contributed by atoms with Gasteiger partial charge in [-0.25, -0.2) is 9.89 Å². The zero-order chi connectivity index (χ0) is 11.8. The summed E-state index contributed by atoms with van der Waals surface area (Å²) in [6.45, 7) is 0. The first kappa shape index (κ1) is 10.0. The Kier molecular flexibility index (Phi) is 2.18. The van der Waals surface area contributed by atoms with Crippen LogP contribution in [-0.4, -0.2) is 21.1 Å². The molecule has 0 radical (unpaired) electrons. The molecule has 0 amide bonds. The van der Waals surface area contributed by atoms with Gasteiger partial charge in [0.05, 0.1) is 6.04 Å². The molecule has 0 aliphatic carbocycles. The van der Waals surface area contributed by atoms with Gasteiger partial charge in [0.25, 0.3) is 0 Å². The van der Waals surface area contributed by atoms with E-state index in [1.54, 1.807) is 16.7 Å². The van der Waals surface area contributed by atoms with Crippen LogP contribution in [0.15, 0.2) is 29.1 Å². The Morgan fingerprint density at radius 1 is 1.35 bits per heavy atom. The third kappa shape index (κ3) is 1.51. The monoisotopic (exact) mass is 229 g/mol. The molecule has 1 atom stereocenters. The van der Waals surface area contributed by atoms with E-state index in [0.29, 0.717) is 5.56 Å². The number of H-pyrrole nitrogens is 1. The number of nitrogens with zero attached hydrogens (tertiary/aromatic N) is 2. The van der Waals surface area contributed by atoms with Gasteiger partial charge in [0.2, 0.25) is 0 Å². The van der Waals surface area contributed by atoms with Crippen LogP contribution < -0.4 is 5.69 Å². The second-order valence-corrected chi connectivity index (χ2v) is 4.15. The fourth-order valence-corrected chi connectivity index (χ4v) is 2.34. The zero-order valence-corrected chi connectivity index (χ0v) is 9.09. The molecule has 1 aromatic carbocycles. The summed E-state index contributed by atoms with van der Waals surface area (Å²) < 4.78 is 1.69. The van der Waals surface area contributed by atoms with E-state index in [-0.39, 0.29) is 11.7 Å². The number of carbonyl (C=O) groups is 1. The first-order valence-electron chi connectivity index (χ1n) is 5.50. The summed E-state index contributed by atoms with van der Waals surface area (Å²) in [5.41, 5.74) is 1.52. The minimum Gasteiger partial charge on any atom is -0.298 e. The van der Waals surface area contributed by atoms with Gasteiger partial charge >= 0.3 is 5.69 Å². The summed E-state index contributed by atoms with van der Waals surface area (Å²) in [6, 6.07) is 7.36. The molecule has 0 fully saturated rings. The van der Waals surface area contributed by atoms with Crippen molar-refractivity contribution in [3.63, 3.8) is 0 Å². The molecule has 3 rings (SSSR count). The largest absolute Gasteiger partial charge is 0.343 e. The van der Waals surface area contributed by atoms with Crippen LogP contribution in [0, 0.1) is 0 Å². The van der Waals surface area contributed by atoms with Crippen LogP contribution in [0.4, 0.5) is 0 Å². The van der Waals surface area contributed by atoms with E-state index in [9.17, 15) is 9.59 Å². The molecular weight excluding hydrogens is 218 g/mol. The maximum absolute atomic E-state index is 11.6. The lowest BCUT2D eigenvalue weighted by Gasteiger charge is -2.11. The van der Waals surface area contributed by atoms with Gasteiger partial charge in [-0.05, 0) is 12.0 Å². The van der Waals surface area contributed by atoms with Crippen LogP contribution in [0.1, 0.15) is 34.2 Å². The van der Waals surface area contributed by atoms with Gasteiger partial charge in [-0.15, -0.1) is 0 Å². The average Bonchev–Trinajstić information content (AvgIpc) is 2.93. The minimum atomic E-state index is -0.165. The van der Waals surface area contributed by atoms with Crippen molar-refractivity contribution in [1.29, 1.82) is 0 Å². The molecule has 1 N–H and O–H groups in total. The maximum Gasteiger partial charge on any atom is 0.343 e.